The zero-order valence-electron chi connectivity index (χ0n) is 12.8. The maximum atomic E-state index is 11.8. The number of nitrogens with zero attached hydrogens (tertiary/aromatic N) is 1. The van der Waals surface area contributed by atoms with E-state index in [4.69, 9.17) is 4.74 Å². The minimum absolute atomic E-state index is 0.175. The van der Waals surface area contributed by atoms with Crippen LogP contribution in [0, 0.1) is 22.7 Å². The van der Waals surface area contributed by atoms with Crippen LogP contribution in [0.25, 0.3) is 0 Å². The second kappa shape index (κ2) is 8.16. The third kappa shape index (κ3) is 4.55. The van der Waals surface area contributed by atoms with Crippen LogP contribution in [-0.4, -0.2) is 13.1 Å². The minimum atomic E-state index is -1.21. The quantitative estimate of drug-likeness (QED) is 0.521. The largest absolute Gasteiger partial charge is 0.468 e. The molecule has 0 heterocycles. The summed E-state index contributed by atoms with van der Waals surface area (Å²) in [5.74, 6) is -0.710. The Balaban J connectivity index is 5.46. The molecular formula is C17H23NO2. The molecule has 0 bridgehead atoms. The van der Waals surface area contributed by atoms with Gasteiger partial charge in [-0.15, -0.1) is 0 Å². The molecule has 0 aromatic rings. The molecule has 20 heavy (non-hydrogen) atoms. The number of nitriles is 1. The molecule has 1 unspecified atom stereocenters. The van der Waals surface area contributed by atoms with Crippen molar-refractivity contribution < 1.29 is 9.53 Å². The first-order chi connectivity index (χ1) is 9.36. The van der Waals surface area contributed by atoms with E-state index in [1.54, 1.807) is 6.92 Å². The van der Waals surface area contributed by atoms with E-state index in [9.17, 15) is 10.1 Å². The summed E-state index contributed by atoms with van der Waals surface area (Å²) in [5.41, 5.74) is 0.427. The van der Waals surface area contributed by atoms with Gasteiger partial charge in [0.05, 0.1) is 13.2 Å². The molecule has 1 atom stereocenters. The summed E-state index contributed by atoms with van der Waals surface area (Å²) in [6.07, 6.45) is 7.78. The fraction of sp³-hybridized carbons (Fsp3) is 0.412. The molecule has 0 radical (unpaired) electrons. The normalized spacial score (nSPS) is 14.2. The van der Waals surface area contributed by atoms with E-state index >= 15 is 0 Å². The average Bonchev–Trinajstić information content (AvgIpc) is 2.43. The van der Waals surface area contributed by atoms with E-state index in [1.807, 2.05) is 44.2 Å². The molecule has 0 aliphatic carbocycles. The summed E-state index contributed by atoms with van der Waals surface area (Å²) in [6, 6.07) is 2.05. The highest BCUT2D eigenvalue weighted by molar-refractivity contribution is 5.79. The molecule has 0 aliphatic rings. The van der Waals surface area contributed by atoms with Crippen LogP contribution in [0.2, 0.25) is 0 Å². The lowest BCUT2D eigenvalue weighted by Crippen LogP contribution is -2.30. The molecular weight excluding hydrogens is 250 g/mol. The second-order valence-electron chi connectivity index (χ2n) is 4.84. The average molecular weight is 273 g/mol. The fourth-order valence-corrected chi connectivity index (χ4v) is 1.97. The number of hydrogen-bond acceptors (Lipinski definition) is 3. The standard InChI is InChI=1S/C17H23NO2/c1-7-9-13(3)15(14(4)10-8-2)11-17(5,12-18)16(19)20-6/h7-10,15H,3-4,11H2,1-2,5-6H3/b9-7-,10-8-. The highest BCUT2D eigenvalue weighted by atomic mass is 16.5. The van der Waals surface area contributed by atoms with Crippen LogP contribution in [0.3, 0.4) is 0 Å². The summed E-state index contributed by atoms with van der Waals surface area (Å²) in [6.45, 7) is 13.4. The lowest BCUT2D eigenvalue weighted by atomic mass is 9.76. The lowest BCUT2D eigenvalue weighted by molar-refractivity contribution is -0.149. The van der Waals surface area contributed by atoms with Crippen molar-refractivity contribution in [1.29, 1.82) is 5.26 Å². The van der Waals surface area contributed by atoms with Gasteiger partial charge < -0.3 is 4.74 Å². The van der Waals surface area contributed by atoms with Gasteiger partial charge in [0.1, 0.15) is 0 Å². The van der Waals surface area contributed by atoms with Crippen molar-refractivity contribution in [2.45, 2.75) is 27.2 Å². The monoisotopic (exact) mass is 273 g/mol. The third-order valence-corrected chi connectivity index (χ3v) is 3.15. The first kappa shape index (κ1) is 17.9. The Morgan fingerprint density at radius 3 is 2.05 bits per heavy atom. The number of carbonyl (C=O) groups excluding carboxylic acids is 1. The highest BCUT2D eigenvalue weighted by Crippen LogP contribution is 2.34. The van der Waals surface area contributed by atoms with E-state index in [0.717, 1.165) is 11.1 Å². The SMILES string of the molecule is C=C(/C=C\C)C(CC(C)(C#N)C(=O)OC)C(=C)/C=C\C. The Kier molecular flexibility index (Phi) is 7.31. The van der Waals surface area contributed by atoms with E-state index < -0.39 is 11.4 Å². The van der Waals surface area contributed by atoms with Crippen LogP contribution in [0.5, 0.6) is 0 Å². The van der Waals surface area contributed by atoms with Crippen molar-refractivity contribution in [3.63, 3.8) is 0 Å². The van der Waals surface area contributed by atoms with Gasteiger partial charge in [0, 0.05) is 5.92 Å². The van der Waals surface area contributed by atoms with Crippen molar-refractivity contribution in [3.05, 3.63) is 48.6 Å². The highest BCUT2D eigenvalue weighted by Gasteiger charge is 2.38. The molecule has 0 aromatic heterocycles. The lowest BCUT2D eigenvalue weighted by Gasteiger charge is -2.26. The van der Waals surface area contributed by atoms with Crippen molar-refractivity contribution in [2.24, 2.45) is 11.3 Å². The molecule has 3 heteroatoms. The van der Waals surface area contributed by atoms with Crippen molar-refractivity contribution in [2.75, 3.05) is 7.11 Å². The van der Waals surface area contributed by atoms with Gasteiger partial charge in [-0.1, -0.05) is 37.5 Å². The maximum absolute atomic E-state index is 11.8. The van der Waals surface area contributed by atoms with E-state index in [-0.39, 0.29) is 5.92 Å². The number of esters is 1. The molecule has 108 valence electrons. The van der Waals surface area contributed by atoms with Gasteiger partial charge in [-0.25, -0.2) is 0 Å². The topological polar surface area (TPSA) is 50.1 Å². The summed E-state index contributed by atoms with van der Waals surface area (Å²) >= 11 is 0. The van der Waals surface area contributed by atoms with Crippen LogP contribution in [-0.2, 0) is 9.53 Å². The van der Waals surface area contributed by atoms with Gasteiger partial charge >= 0.3 is 5.97 Å². The molecule has 0 saturated carbocycles. The fourth-order valence-electron chi connectivity index (χ4n) is 1.97. The molecule has 0 amide bonds. The summed E-state index contributed by atoms with van der Waals surface area (Å²) in [4.78, 5) is 11.8. The van der Waals surface area contributed by atoms with Crippen LogP contribution in [0.4, 0.5) is 0 Å². The Morgan fingerprint density at radius 2 is 1.75 bits per heavy atom. The number of allylic oxidation sites excluding steroid dienone is 6. The Labute approximate surface area is 121 Å². The Morgan fingerprint density at radius 1 is 1.30 bits per heavy atom. The van der Waals surface area contributed by atoms with E-state index in [0.29, 0.717) is 6.42 Å². The zero-order chi connectivity index (χ0) is 15.8. The third-order valence-electron chi connectivity index (χ3n) is 3.15. The van der Waals surface area contributed by atoms with E-state index in [2.05, 4.69) is 13.2 Å². The van der Waals surface area contributed by atoms with Crippen molar-refractivity contribution in [1.82, 2.24) is 0 Å². The number of carbonyl (C=O) groups is 1. The van der Waals surface area contributed by atoms with Gasteiger partial charge in [-0.2, -0.15) is 5.26 Å². The van der Waals surface area contributed by atoms with E-state index in [1.165, 1.54) is 7.11 Å². The summed E-state index contributed by atoms with van der Waals surface area (Å²) in [7, 11) is 1.29. The van der Waals surface area contributed by atoms with Crippen LogP contribution in [0.1, 0.15) is 27.2 Å². The molecule has 0 saturated heterocycles. The molecule has 0 N–H and O–H groups in total. The summed E-state index contributed by atoms with van der Waals surface area (Å²) < 4.78 is 4.73. The molecule has 0 spiro atoms. The maximum Gasteiger partial charge on any atom is 0.325 e. The molecule has 3 nitrogen and oxygen atoms in total. The second-order valence-corrected chi connectivity index (χ2v) is 4.84. The first-order valence-corrected chi connectivity index (χ1v) is 6.49. The van der Waals surface area contributed by atoms with Crippen molar-refractivity contribution in [3.8, 4) is 6.07 Å². The van der Waals surface area contributed by atoms with Gasteiger partial charge in [-0.05, 0) is 38.3 Å². The zero-order valence-corrected chi connectivity index (χ0v) is 12.8. The predicted octanol–water partition coefficient (Wildman–Crippen LogP) is 3.96. The Bertz CT molecular complexity index is 456. The van der Waals surface area contributed by atoms with Crippen LogP contribution in [0.15, 0.2) is 48.6 Å². The first-order valence-electron chi connectivity index (χ1n) is 6.49. The number of methoxy groups -OCH3 is 1. The van der Waals surface area contributed by atoms with Crippen molar-refractivity contribution >= 4 is 5.97 Å². The molecule has 0 aliphatic heterocycles. The van der Waals surface area contributed by atoms with Gasteiger partial charge in [0.25, 0.3) is 0 Å². The minimum Gasteiger partial charge on any atom is -0.468 e. The van der Waals surface area contributed by atoms with Gasteiger partial charge in [-0.3, -0.25) is 4.79 Å². The molecule has 0 rings (SSSR count). The van der Waals surface area contributed by atoms with Crippen LogP contribution < -0.4 is 0 Å². The number of hydrogen-bond donors (Lipinski definition) is 0. The summed E-state index contributed by atoms with van der Waals surface area (Å²) in [5, 5.41) is 9.31. The number of ether oxygens (including phenoxy) is 1. The van der Waals surface area contributed by atoms with Crippen LogP contribution >= 0.6 is 0 Å². The van der Waals surface area contributed by atoms with Gasteiger partial charge in [0.15, 0.2) is 5.41 Å². The smallest absolute Gasteiger partial charge is 0.325 e. The Hall–Kier alpha value is -2.08. The van der Waals surface area contributed by atoms with Gasteiger partial charge in [0.2, 0.25) is 0 Å². The molecule has 0 aromatic carbocycles. The predicted molar refractivity (Wildman–Crippen MR) is 81.8 cm³/mol. The molecule has 0 fully saturated rings. The number of rotatable bonds is 7.